The molecule has 0 radical (unpaired) electrons. The van der Waals surface area contributed by atoms with Gasteiger partial charge in [0.25, 0.3) is 0 Å². The van der Waals surface area contributed by atoms with Crippen LogP contribution in [0.3, 0.4) is 0 Å². The predicted octanol–water partition coefficient (Wildman–Crippen LogP) is 4.21. The van der Waals surface area contributed by atoms with Gasteiger partial charge in [0.1, 0.15) is 0 Å². The first-order valence-electron chi connectivity index (χ1n) is 8.91. The molecule has 1 saturated heterocycles. The molecule has 6 heteroatoms. The van der Waals surface area contributed by atoms with Crippen molar-refractivity contribution in [1.29, 1.82) is 0 Å². The Balaban J connectivity index is 1.71. The molecule has 0 spiro atoms. The Labute approximate surface area is 151 Å². The van der Waals surface area contributed by atoms with Crippen molar-refractivity contribution in [2.75, 3.05) is 30.4 Å². The number of halogens is 3. The Hall–Kier alpha value is -2.21. The second kappa shape index (κ2) is 6.50. The molecule has 3 nitrogen and oxygen atoms in total. The number of hydrogen-bond acceptors (Lipinski definition) is 3. The molecule has 2 aromatic carbocycles. The first-order chi connectivity index (χ1) is 12.4. The van der Waals surface area contributed by atoms with E-state index in [0.29, 0.717) is 17.9 Å². The first-order valence-corrected chi connectivity index (χ1v) is 8.91. The quantitative estimate of drug-likeness (QED) is 0.857. The lowest BCUT2D eigenvalue weighted by Crippen LogP contribution is -2.42. The normalized spacial score (nSPS) is 22.1. The molecule has 0 amide bonds. The molecule has 26 heavy (non-hydrogen) atoms. The van der Waals surface area contributed by atoms with Crippen LogP contribution in [0.5, 0.6) is 0 Å². The number of piperidine rings is 1. The van der Waals surface area contributed by atoms with E-state index in [0.717, 1.165) is 30.6 Å². The van der Waals surface area contributed by atoms with Crippen LogP contribution in [0.1, 0.15) is 29.0 Å². The minimum Gasteiger partial charge on any atom is -0.381 e. The van der Waals surface area contributed by atoms with Crippen molar-refractivity contribution < 1.29 is 13.2 Å². The second-order valence-corrected chi connectivity index (χ2v) is 7.08. The van der Waals surface area contributed by atoms with Gasteiger partial charge in [-0.05, 0) is 36.2 Å². The average molecular weight is 361 g/mol. The van der Waals surface area contributed by atoms with Gasteiger partial charge < -0.3 is 15.5 Å². The van der Waals surface area contributed by atoms with Crippen molar-refractivity contribution in [3.63, 3.8) is 0 Å². The summed E-state index contributed by atoms with van der Waals surface area (Å²) in [7, 11) is 1.79. The minimum atomic E-state index is -4.37. The van der Waals surface area contributed by atoms with E-state index in [1.54, 1.807) is 7.05 Å². The summed E-state index contributed by atoms with van der Waals surface area (Å²) < 4.78 is 41.3. The number of fused-ring (bicyclic) bond motifs is 3. The van der Waals surface area contributed by atoms with Gasteiger partial charge in [0.15, 0.2) is 0 Å². The third-order valence-electron chi connectivity index (χ3n) is 5.48. The Morgan fingerprint density at radius 3 is 2.69 bits per heavy atom. The van der Waals surface area contributed by atoms with E-state index in [4.69, 9.17) is 0 Å². The molecule has 1 fully saturated rings. The molecule has 2 N–H and O–H groups in total. The van der Waals surface area contributed by atoms with E-state index in [2.05, 4.69) is 10.6 Å². The fraction of sp³-hybridized carbons (Fsp3) is 0.400. The summed E-state index contributed by atoms with van der Waals surface area (Å²) in [5.74, 6) is 0.100. The zero-order valence-electron chi connectivity index (χ0n) is 14.6. The average Bonchev–Trinajstić information content (AvgIpc) is 2.92. The molecule has 138 valence electrons. The van der Waals surface area contributed by atoms with Gasteiger partial charge in [-0.3, -0.25) is 0 Å². The molecule has 4 rings (SSSR count). The molecular weight excluding hydrogens is 339 g/mol. The molecule has 0 aromatic heterocycles. The first kappa shape index (κ1) is 17.2. The molecule has 0 bridgehead atoms. The maximum absolute atomic E-state index is 13.8. The van der Waals surface area contributed by atoms with Crippen LogP contribution in [-0.4, -0.2) is 26.2 Å². The van der Waals surface area contributed by atoms with Gasteiger partial charge in [-0.1, -0.05) is 30.3 Å². The zero-order valence-corrected chi connectivity index (χ0v) is 14.6. The molecule has 0 aliphatic carbocycles. The van der Waals surface area contributed by atoms with Crippen LogP contribution in [0.4, 0.5) is 24.5 Å². The summed E-state index contributed by atoms with van der Waals surface area (Å²) in [6.07, 6.45) is -3.51. The van der Waals surface area contributed by atoms with Gasteiger partial charge in [-0.15, -0.1) is 0 Å². The van der Waals surface area contributed by atoms with Crippen molar-refractivity contribution >= 4 is 11.4 Å². The van der Waals surface area contributed by atoms with Crippen molar-refractivity contribution in [3.8, 4) is 0 Å². The maximum Gasteiger partial charge on any atom is 0.418 e. The van der Waals surface area contributed by atoms with E-state index in [1.807, 2.05) is 41.3 Å². The smallest absolute Gasteiger partial charge is 0.381 e. The highest BCUT2D eigenvalue weighted by Crippen LogP contribution is 2.49. The van der Waals surface area contributed by atoms with Crippen molar-refractivity contribution in [3.05, 3.63) is 59.2 Å². The fourth-order valence-corrected chi connectivity index (χ4v) is 4.24. The minimum absolute atomic E-state index is 0.100. The van der Waals surface area contributed by atoms with Crippen LogP contribution in [-0.2, 0) is 12.7 Å². The Morgan fingerprint density at radius 2 is 1.96 bits per heavy atom. The summed E-state index contributed by atoms with van der Waals surface area (Å²) in [6.45, 7) is 2.07. The summed E-state index contributed by atoms with van der Waals surface area (Å²) in [5, 5.41) is 6.50. The van der Waals surface area contributed by atoms with Crippen molar-refractivity contribution in [1.82, 2.24) is 5.32 Å². The molecular formula is C20H22F3N3. The maximum atomic E-state index is 13.8. The van der Waals surface area contributed by atoms with E-state index < -0.39 is 11.7 Å². The number of rotatable bonds is 3. The summed E-state index contributed by atoms with van der Waals surface area (Å²) in [5.41, 5.74) is 2.18. The molecule has 0 unspecified atom stereocenters. The Kier molecular flexibility index (Phi) is 4.31. The topological polar surface area (TPSA) is 27.3 Å². The Morgan fingerprint density at radius 1 is 1.19 bits per heavy atom. The van der Waals surface area contributed by atoms with E-state index >= 15 is 0 Å². The Bertz CT molecular complexity index is 789. The molecule has 2 atom stereocenters. The van der Waals surface area contributed by atoms with Crippen LogP contribution in [0.2, 0.25) is 0 Å². The largest absolute Gasteiger partial charge is 0.418 e. The van der Waals surface area contributed by atoms with Gasteiger partial charge in [0.05, 0.1) is 11.3 Å². The number of likely N-dealkylation sites (N-methyl/N-ethyl adjacent to an activating group) is 1. The number of anilines is 2. The lowest BCUT2D eigenvalue weighted by Gasteiger charge is -2.31. The highest BCUT2D eigenvalue weighted by atomic mass is 19.4. The lowest BCUT2D eigenvalue weighted by atomic mass is 9.89. The zero-order chi connectivity index (χ0) is 18.3. The fourth-order valence-electron chi connectivity index (χ4n) is 4.24. The summed E-state index contributed by atoms with van der Waals surface area (Å²) in [4.78, 5) is 1.84. The third-order valence-corrected chi connectivity index (χ3v) is 5.48. The van der Waals surface area contributed by atoms with Crippen molar-refractivity contribution in [2.45, 2.75) is 31.1 Å². The molecule has 2 aliphatic rings. The van der Waals surface area contributed by atoms with Crippen LogP contribution in [0.25, 0.3) is 0 Å². The number of hydrogen-bond donors (Lipinski definition) is 2. The van der Waals surface area contributed by atoms with Gasteiger partial charge >= 0.3 is 6.18 Å². The lowest BCUT2D eigenvalue weighted by molar-refractivity contribution is -0.137. The number of nitrogens with zero attached hydrogens (tertiary/aromatic N) is 1. The van der Waals surface area contributed by atoms with E-state index in [1.165, 1.54) is 6.07 Å². The van der Waals surface area contributed by atoms with Crippen LogP contribution < -0.4 is 15.5 Å². The van der Waals surface area contributed by atoms with E-state index in [-0.39, 0.29) is 12.0 Å². The number of alkyl halides is 3. The second-order valence-electron chi connectivity index (χ2n) is 7.08. The van der Waals surface area contributed by atoms with Crippen LogP contribution in [0, 0.1) is 0 Å². The number of benzene rings is 2. The third kappa shape index (κ3) is 3.03. The van der Waals surface area contributed by atoms with Gasteiger partial charge in [-0.25, -0.2) is 0 Å². The number of nitrogens with one attached hydrogen (secondary N) is 2. The van der Waals surface area contributed by atoms with Crippen molar-refractivity contribution in [2.24, 2.45) is 0 Å². The molecule has 2 aromatic rings. The highest BCUT2D eigenvalue weighted by Gasteiger charge is 2.45. The summed E-state index contributed by atoms with van der Waals surface area (Å²) in [6, 6.07) is 13.0. The predicted molar refractivity (Wildman–Crippen MR) is 97.6 cm³/mol. The monoisotopic (exact) mass is 361 g/mol. The van der Waals surface area contributed by atoms with Gasteiger partial charge in [0.2, 0.25) is 0 Å². The molecule has 2 aliphatic heterocycles. The van der Waals surface area contributed by atoms with E-state index in [9.17, 15) is 13.2 Å². The standard InChI is InChI=1S/C20H22F3N3/c1-26-18-7-8-24-12-16(18)15-9-14(10-17(19(15)26)20(21,22)23)25-11-13-5-3-2-4-6-13/h2-6,9-10,16,18,24-25H,7-8,11-12H2,1H3/t16-,18-/m0/s1. The van der Waals surface area contributed by atoms with Gasteiger partial charge in [-0.2, -0.15) is 13.2 Å². The van der Waals surface area contributed by atoms with Crippen LogP contribution in [0.15, 0.2) is 42.5 Å². The van der Waals surface area contributed by atoms with Crippen LogP contribution >= 0.6 is 0 Å². The molecule has 2 heterocycles. The van der Waals surface area contributed by atoms with Gasteiger partial charge in [0, 0.05) is 37.8 Å². The summed E-state index contributed by atoms with van der Waals surface area (Å²) >= 11 is 0. The SMILES string of the molecule is CN1c2c(cc(NCc3ccccc3)cc2C(F)(F)F)[C@@H]2CNCC[C@@H]21. The highest BCUT2D eigenvalue weighted by molar-refractivity contribution is 5.72. The molecule has 0 saturated carbocycles.